The van der Waals surface area contributed by atoms with Crippen molar-refractivity contribution in [3.8, 4) is 0 Å². The van der Waals surface area contributed by atoms with Gasteiger partial charge in [-0.05, 0) is 12.8 Å². The number of imide groups is 1. The fourth-order valence-corrected chi connectivity index (χ4v) is 2.53. The number of rotatable bonds is 2. The third-order valence-corrected chi connectivity index (χ3v) is 3.55. The molecule has 1 fully saturated rings. The molecule has 0 radical (unpaired) electrons. The average molecular weight is 257 g/mol. The third kappa shape index (κ3) is 2.07. The van der Waals surface area contributed by atoms with E-state index in [0.29, 0.717) is 17.9 Å². The maximum absolute atomic E-state index is 12.0. The average Bonchev–Trinajstić information content (AvgIpc) is 2.54. The highest BCUT2D eigenvalue weighted by Crippen LogP contribution is 2.38. The van der Waals surface area contributed by atoms with Gasteiger partial charge in [0.1, 0.15) is 6.54 Å². The summed E-state index contributed by atoms with van der Waals surface area (Å²) in [5.74, 6) is -1.61. The number of fused-ring (bicyclic) bond motifs is 1. The zero-order chi connectivity index (χ0) is 12.6. The Morgan fingerprint density at radius 2 is 2.12 bits per heavy atom. The Labute approximate surface area is 104 Å². The topological polar surface area (TPSA) is 66.5 Å². The number of likely N-dealkylation sites (tertiary alicyclic amines) is 1. The van der Waals surface area contributed by atoms with Gasteiger partial charge in [-0.2, -0.15) is 0 Å². The van der Waals surface area contributed by atoms with E-state index in [4.69, 9.17) is 11.6 Å². The Balaban J connectivity index is 2.16. The van der Waals surface area contributed by atoms with Crippen molar-refractivity contribution in [3.63, 3.8) is 0 Å². The molecule has 1 heterocycles. The van der Waals surface area contributed by atoms with Gasteiger partial charge in [0.15, 0.2) is 0 Å². The van der Waals surface area contributed by atoms with E-state index < -0.39 is 0 Å². The molecule has 1 saturated heterocycles. The molecule has 1 aliphatic heterocycles. The third-order valence-electron chi connectivity index (χ3n) is 3.24. The standard InChI is InChI=1S/C11H13ClN2O3/c1-13-9(15)5-14-10(16)7-3-2-6(12)4-8(7)11(14)17/h2,7-8H,3-5H2,1H3,(H,13,15)/t7-,8+/m0/s1. The van der Waals surface area contributed by atoms with Gasteiger partial charge in [0.2, 0.25) is 17.7 Å². The monoisotopic (exact) mass is 256 g/mol. The van der Waals surface area contributed by atoms with Crippen LogP contribution in [-0.2, 0) is 14.4 Å². The minimum atomic E-state index is -0.385. The van der Waals surface area contributed by atoms with Gasteiger partial charge in [0, 0.05) is 12.1 Å². The predicted molar refractivity (Wildman–Crippen MR) is 60.9 cm³/mol. The van der Waals surface area contributed by atoms with Crippen LogP contribution in [0.15, 0.2) is 11.1 Å². The van der Waals surface area contributed by atoms with Crippen LogP contribution in [0.25, 0.3) is 0 Å². The fraction of sp³-hybridized carbons (Fsp3) is 0.545. The summed E-state index contributed by atoms with van der Waals surface area (Å²) >= 11 is 5.88. The van der Waals surface area contributed by atoms with Crippen molar-refractivity contribution in [3.05, 3.63) is 11.1 Å². The zero-order valence-corrected chi connectivity index (χ0v) is 10.2. The number of amides is 3. The Hall–Kier alpha value is -1.36. The molecule has 17 heavy (non-hydrogen) atoms. The van der Waals surface area contributed by atoms with Crippen molar-refractivity contribution in [2.24, 2.45) is 11.8 Å². The van der Waals surface area contributed by atoms with Crippen LogP contribution in [0.5, 0.6) is 0 Å². The summed E-state index contributed by atoms with van der Waals surface area (Å²) in [6.07, 6.45) is 2.66. The van der Waals surface area contributed by atoms with Crippen LogP contribution in [0.4, 0.5) is 0 Å². The summed E-state index contributed by atoms with van der Waals surface area (Å²) in [6, 6.07) is 0. The lowest BCUT2D eigenvalue weighted by Gasteiger charge is -2.17. The number of carbonyl (C=O) groups excluding carboxylic acids is 3. The van der Waals surface area contributed by atoms with Crippen molar-refractivity contribution >= 4 is 29.3 Å². The van der Waals surface area contributed by atoms with Gasteiger partial charge in [-0.1, -0.05) is 17.7 Å². The van der Waals surface area contributed by atoms with E-state index in [1.807, 2.05) is 0 Å². The minimum Gasteiger partial charge on any atom is -0.358 e. The summed E-state index contributed by atoms with van der Waals surface area (Å²) in [5, 5.41) is 3.02. The zero-order valence-electron chi connectivity index (χ0n) is 9.40. The van der Waals surface area contributed by atoms with E-state index in [2.05, 4.69) is 5.32 Å². The van der Waals surface area contributed by atoms with Crippen LogP contribution in [0.3, 0.4) is 0 Å². The Kier molecular flexibility index (Phi) is 3.19. The first-order chi connectivity index (χ1) is 8.04. The van der Waals surface area contributed by atoms with Gasteiger partial charge in [-0.15, -0.1) is 0 Å². The number of nitrogens with zero attached hydrogens (tertiary/aromatic N) is 1. The van der Waals surface area contributed by atoms with Gasteiger partial charge in [-0.25, -0.2) is 0 Å². The second-order valence-electron chi connectivity index (χ2n) is 4.24. The molecule has 0 bridgehead atoms. The van der Waals surface area contributed by atoms with Crippen molar-refractivity contribution in [2.45, 2.75) is 12.8 Å². The first-order valence-electron chi connectivity index (χ1n) is 5.45. The van der Waals surface area contributed by atoms with E-state index in [1.54, 1.807) is 6.08 Å². The van der Waals surface area contributed by atoms with E-state index >= 15 is 0 Å². The maximum atomic E-state index is 12.0. The van der Waals surface area contributed by atoms with Gasteiger partial charge in [0.25, 0.3) is 0 Å². The highest BCUT2D eigenvalue weighted by molar-refractivity contribution is 6.30. The minimum absolute atomic E-state index is 0.196. The van der Waals surface area contributed by atoms with Crippen LogP contribution in [0.1, 0.15) is 12.8 Å². The number of hydrogen-bond donors (Lipinski definition) is 1. The van der Waals surface area contributed by atoms with Gasteiger partial charge in [-0.3, -0.25) is 19.3 Å². The maximum Gasteiger partial charge on any atom is 0.239 e. The molecule has 2 atom stereocenters. The van der Waals surface area contributed by atoms with Crippen molar-refractivity contribution < 1.29 is 14.4 Å². The molecule has 2 aliphatic rings. The van der Waals surface area contributed by atoms with Crippen LogP contribution in [0.2, 0.25) is 0 Å². The molecule has 0 aromatic carbocycles. The molecule has 0 aromatic rings. The quantitative estimate of drug-likeness (QED) is 0.721. The molecule has 6 heteroatoms. The molecule has 5 nitrogen and oxygen atoms in total. The fourth-order valence-electron chi connectivity index (χ4n) is 2.27. The molecule has 0 spiro atoms. The van der Waals surface area contributed by atoms with E-state index in [1.165, 1.54) is 7.05 Å². The first kappa shape index (κ1) is 12.1. The lowest BCUT2D eigenvalue weighted by molar-refractivity contribution is -0.143. The summed E-state index contributed by atoms with van der Waals surface area (Å²) in [7, 11) is 1.47. The molecular formula is C11H13ClN2O3. The highest BCUT2D eigenvalue weighted by Gasteiger charge is 2.48. The van der Waals surface area contributed by atoms with Crippen molar-refractivity contribution in [2.75, 3.05) is 13.6 Å². The molecule has 1 N–H and O–H groups in total. The van der Waals surface area contributed by atoms with E-state index in [-0.39, 0.29) is 36.1 Å². The highest BCUT2D eigenvalue weighted by atomic mass is 35.5. The van der Waals surface area contributed by atoms with Crippen LogP contribution >= 0.6 is 11.6 Å². The van der Waals surface area contributed by atoms with Crippen molar-refractivity contribution in [1.29, 1.82) is 0 Å². The van der Waals surface area contributed by atoms with Gasteiger partial charge >= 0.3 is 0 Å². The molecule has 2 rings (SSSR count). The van der Waals surface area contributed by atoms with E-state index in [0.717, 1.165) is 4.90 Å². The smallest absolute Gasteiger partial charge is 0.239 e. The Morgan fingerprint density at radius 3 is 2.76 bits per heavy atom. The predicted octanol–water partition coefficient (Wildman–Crippen LogP) is 0.250. The van der Waals surface area contributed by atoms with E-state index in [9.17, 15) is 14.4 Å². The SMILES string of the molecule is CNC(=O)CN1C(=O)[C@H]2CC=C(Cl)C[C@H]2C1=O. The lowest BCUT2D eigenvalue weighted by Crippen LogP contribution is -2.39. The molecule has 0 aromatic heterocycles. The number of likely N-dealkylation sites (N-methyl/N-ethyl adjacent to an activating group) is 1. The molecule has 92 valence electrons. The Bertz CT molecular complexity index is 419. The summed E-state index contributed by atoms with van der Waals surface area (Å²) in [4.78, 5) is 36.2. The lowest BCUT2D eigenvalue weighted by atomic mass is 9.85. The van der Waals surface area contributed by atoms with Gasteiger partial charge < -0.3 is 5.32 Å². The van der Waals surface area contributed by atoms with Crippen LogP contribution in [-0.4, -0.2) is 36.2 Å². The largest absolute Gasteiger partial charge is 0.358 e. The number of halogens is 1. The molecule has 0 unspecified atom stereocenters. The van der Waals surface area contributed by atoms with Crippen LogP contribution < -0.4 is 5.32 Å². The second kappa shape index (κ2) is 4.49. The summed E-state index contributed by atoms with van der Waals surface area (Å²) in [6.45, 7) is -0.196. The first-order valence-corrected chi connectivity index (χ1v) is 5.82. The number of hydrogen-bond acceptors (Lipinski definition) is 3. The normalized spacial score (nSPS) is 27.9. The summed E-state index contributed by atoms with van der Waals surface area (Å²) < 4.78 is 0. The molecule has 1 aliphatic carbocycles. The molecule has 0 saturated carbocycles. The number of carbonyl (C=O) groups is 3. The molecular weight excluding hydrogens is 244 g/mol. The van der Waals surface area contributed by atoms with Crippen LogP contribution in [0, 0.1) is 11.8 Å². The molecule has 3 amide bonds. The number of nitrogens with one attached hydrogen (secondary N) is 1. The second-order valence-corrected chi connectivity index (χ2v) is 4.73. The van der Waals surface area contributed by atoms with Crippen molar-refractivity contribution in [1.82, 2.24) is 10.2 Å². The summed E-state index contributed by atoms with van der Waals surface area (Å²) in [5.41, 5.74) is 0. The number of allylic oxidation sites excluding steroid dienone is 2. The van der Waals surface area contributed by atoms with Gasteiger partial charge in [0.05, 0.1) is 11.8 Å². The Morgan fingerprint density at radius 1 is 1.47 bits per heavy atom.